The van der Waals surface area contributed by atoms with E-state index in [4.69, 9.17) is 19.4 Å². The maximum atomic E-state index is 12.8. The van der Waals surface area contributed by atoms with Gasteiger partial charge in [-0.25, -0.2) is 9.97 Å². The Balaban J connectivity index is 1.57. The monoisotopic (exact) mass is 438 g/mol. The number of hydrogen-bond donors (Lipinski definition) is 0. The summed E-state index contributed by atoms with van der Waals surface area (Å²) >= 11 is 0. The number of ether oxygens (including phenoxy) is 2. The number of fused-ring (bicyclic) bond motifs is 1. The third-order valence-corrected chi connectivity index (χ3v) is 6.23. The predicted molar refractivity (Wildman–Crippen MR) is 120 cm³/mol. The molecule has 0 bridgehead atoms. The predicted octanol–water partition coefficient (Wildman–Crippen LogP) is 2.63. The molecule has 0 saturated carbocycles. The number of rotatable bonds is 7. The van der Waals surface area contributed by atoms with Crippen molar-refractivity contribution < 1.29 is 19.1 Å². The van der Waals surface area contributed by atoms with E-state index in [1.807, 2.05) is 36.1 Å². The average molecular weight is 439 g/mol. The molecular weight excluding hydrogens is 408 g/mol. The summed E-state index contributed by atoms with van der Waals surface area (Å²) in [4.78, 5) is 38.6. The summed E-state index contributed by atoms with van der Waals surface area (Å²) in [6.45, 7) is 4.16. The molecule has 1 fully saturated rings. The van der Waals surface area contributed by atoms with Crippen LogP contribution >= 0.6 is 0 Å². The van der Waals surface area contributed by atoms with Crippen LogP contribution in [-0.4, -0.2) is 60.6 Å². The van der Waals surface area contributed by atoms with Gasteiger partial charge in [0.05, 0.1) is 33.1 Å². The summed E-state index contributed by atoms with van der Waals surface area (Å²) in [6.07, 6.45) is 2.54. The van der Waals surface area contributed by atoms with Crippen molar-refractivity contribution in [3.05, 3.63) is 46.9 Å². The molecule has 2 amide bonds. The Hall–Kier alpha value is -3.00. The van der Waals surface area contributed by atoms with Gasteiger partial charge in [0.25, 0.3) is 0 Å². The standard InChI is InChI=1S/C24H30N4O4/c1-16-20-13-22(30)28(14-17-6-4-8-19(12-17)32-3)24(20)26-23(25-16)18-7-5-10-27(15-18)21(29)9-11-31-2/h4,6,8,12,18H,5,7,9-11,13-15H2,1-3H3. The van der Waals surface area contributed by atoms with E-state index in [-0.39, 0.29) is 17.7 Å². The first kappa shape index (κ1) is 22.2. The Labute approximate surface area is 188 Å². The van der Waals surface area contributed by atoms with Crippen LogP contribution in [0.4, 0.5) is 5.82 Å². The summed E-state index contributed by atoms with van der Waals surface area (Å²) < 4.78 is 10.4. The third-order valence-electron chi connectivity index (χ3n) is 6.23. The zero-order valence-electron chi connectivity index (χ0n) is 19.0. The molecule has 1 unspecified atom stereocenters. The fourth-order valence-corrected chi connectivity index (χ4v) is 4.46. The van der Waals surface area contributed by atoms with Crippen LogP contribution in [0, 0.1) is 6.92 Å². The van der Waals surface area contributed by atoms with Gasteiger partial charge in [0.1, 0.15) is 17.4 Å². The summed E-state index contributed by atoms with van der Waals surface area (Å²) in [7, 11) is 3.23. The smallest absolute Gasteiger partial charge is 0.233 e. The van der Waals surface area contributed by atoms with Crippen LogP contribution in [0.1, 0.15) is 47.8 Å². The number of carbonyl (C=O) groups is 2. The van der Waals surface area contributed by atoms with Crippen LogP contribution in [0.2, 0.25) is 0 Å². The zero-order chi connectivity index (χ0) is 22.7. The first-order valence-electron chi connectivity index (χ1n) is 11.1. The van der Waals surface area contributed by atoms with Gasteiger partial charge >= 0.3 is 0 Å². The van der Waals surface area contributed by atoms with Gasteiger partial charge < -0.3 is 14.4 Å². The van der Waals surface area contributed by atoms with E-state index in [0.29, 0.717) is 38.4 Å². The van der Waals surface area contributed by atoms with E-state index in [1.54, 1.807) is 19.1 Å². The molecule has 0 aliphatic carbocycles. The number of likely N-dealkylation sites (tertiary alicyclic amines) is 1. The average Bonchev–Trinajstić information content (AvgIpc) is 3.13. The summed E-state index contributed by atoms with van der Waals surface area (Å²) in [5.41, 5.74) is 2.72. The van der Waals surface area contributed by atoms with Crippen molar-refractivity contribution >= 4 is 17.6 Å². The molecular formula is C24H30N4O4. The van der Waals surface area contributed by atoms with Gasteiger partial charge in [-0.2, -0.15) is 0 Å². The zero-order valence-corrected chi connectivity index (χ0v) is 19.0. The molecule has 1 atom stereocenters. The number of piperidine rings is 1. The quantitative estimate of drug-likeness (QED) is 0.661. The maximum absolute atomic E-state index is 12.8. The molecule has 8 heteroatoms. The van der Waals surface area contributed by atoms with E-state index in [1.165, 1.54) is 0 Å². The lowest BCUT2D eigenvalue weighted by Gasteiger charge is -2.32. The number of amides is 2. The van der Waals surface area contributed by atoms with Crippen LogP contribution in [0.25, 0.3) is 0 Å². The van der Waals surface area contributed by atoms with Gasteiger partial charge in [0, 0.05) is 37.4 Å². The molecule has 3 heterocycles. The molecule has 2 aromatic rings. The second-order valence-corrected chi connectivity index (χ2v) is 8.40. The Morgan fingerprint density at radius 1 is 1.25 bits per heavy atom. The normalized spacial score (nSPS) is 18.1. The molecule has 0 radical (unpaired) electrons. The largest absolute Gasteiger partial charge is 0.497 e. The highest BCUT2D eigenvalue weighted by Crippen LogP contribution is 2.34. The Kier molecular flexibility index (Phi) is 6.69. The number of nitrogens with zero attached hydrogens (tertiary/aromatic N) is 4. The van der Waals surface area contributed by atoms with Crippen molar-refractivity contribution in [3.63, 3.8) is 0 Å². The fourth-order valence-electron chi connectivity index (χ4n) is 4.46. The van der Waals surface area contributed by atoms with E-state index in [9.17, 15) is 9.59 Å². The number of carbonyl (C=O) groups excluding carboxylic acids is 2. The topological polar surface area (TPSA) is 84.9 Å². The van der Waals surface area contributed by atoms with Gasteiger partial charge in [0.2, 0.25) is 11.8 Å². The Morgan fingerprint density at radius 2 is 2.09 bits per heavy atom. The molecule has 4 rings (SSSR count). The van der Waals surface area contributed by atoms with Crippen molar-refractivity contribution in [2.24, 2.45) is 0 Å². The molecule has 0 spiro atoms. The van der Waals surface area contributed by atoms with E-state index in [0.717, 1.165) is 47.8 Å². The lowest BCUT2D eigenvalue weighted by atomic mass is 9.96. The summed E-state index contributed by atoms with van der Waals surface area (Å²) in [6, 6.07) is 7.72. The SMILES string of the molecule is COCCC(=O)N1CCCC(c2nc(C)c3c(n2)N(Cc2cccc(OC)c2)C(=O)C3)C1. The minimum atomic E-state index is 0.0254. The minimum absolute atomic E-state index is 0.0254. The second-order valence-electron chi connectivity index (χ2n) is 8.40. The number of hydrogen-bond acceptors (Lipinski definition) is 6. The van der Waals surface area contributed by atoms with Gasteiger partial charge in [-0.1, -0.05) is 12.1 Å². The number of anilines is 1. The first-order valence-corrected chi connectivity index (χ1v) is 11.1. The number of aromatic nitrogens is 2. The van der Waals surface area contributed by atoms with E-state index in [2.05, 4.69) is 0 Å². The van der Waals surface area contributed by atoms with Gasteiger partial charge in [-0.15, -0.1) is 0 Å². The van der Waals surface area contributed by atoms with Crippen molar-refractivity contribution in [1.29, 1.82) is 0 Å². The molecule has 32 heavy (non-hydrogen) atoms. The second kappa shape index (κ2) is 9.65. The minimum Gasteiger partial charge on any atom is -0.497 e. The van der Waals surface area contributed by atoms with Crippen molar-refractivity contribution in [1.82, 2.24) is 14.9 Å². The first-order chi connectivity index (χ1) is 15.5. The van der Waals surface area contributed by atoms with Crippen molar-refractivity contribution in [2.45, 2.75) is 45.1 Å². The number of aryl methyl sites for hydroxylation is 1. The fraction of sp³-hybridized carbons (Fsp3) is 0.500. The highest BCUT2D eigenvalue weighted by Gasteiger charge is 2.34. The molecule has 2 aliphatic heterocycles. The molecule has 0 N–H and O–H groups in total. The van der Waals surface area contributed by atoms with Gasteiger partial charge in [0.15, 0.2) is 0 Å². The molecule has 2 aliphatic rings. The highest BCUT2D eigenvalue weighted by molar-refractivity contribution is 6.00. The van der Waals surface area contributed by atoms with Crippen LogP contribution in [0.3, 0.4) is 0 Å². The number of benzene rings is 1. The molecule has 170 valence electrons. The lowest BCUT2D eigenvalue weighted by molar-refractivity contribution is -0.133. The van der Waals surface area contributed by atoms with Gasteiger partial charge in [-0.05, 0) is 37.5 Å². The lowest BCUT2D eigenvalue weighted by Crippen LogP contribution is -2.40. The van der Waals surface area contributed by atoms with Crippen LogP contribution in [0.5, 0.6) is 5.75 Å². The van der Waals surface area contributed by atoms with Crippen LogP contribution < -0.4 is 9.64 Å². The summed E-state index contributed by atoms with van der Waals surface area (Å²) in [5.74, 6) is 2.36. The van der Waals surface area contributed by atoms with E-state index >= 15 is 0 Å². The Bertz CT molecular complexity index is 1010. The molecule has 1 saturated heterocycles. The molecule has 8 nitrogen and oxygen atoms in total. The highest BCUT2D eigenvalue weighted by atomic mass is 16.5. The van der Waals surface area contributed by atoms with Crippen molar-refractivity contribution in [2.75, 3.05) is 38.8 Å². The number of methoxy groups -OCH3 is 2. The van der Waals surface area contributed by atoms with Gasteiger partial charge in [-0.3, -0.25) is 14.5 Å². The summed E-state index contributed by atoms with van der Waals surface area (Å²) in [5, 5.41) is 0. The third kappa shape index (κ3) is 4.60. The van der Waals surface area contributed by atoms with E-state index < -0.39 is 0 Å². The van der Waals surface area contributed by atoms with Crippen molar-refractivity contribution in [3.8, 4) is 5.75 Å². The molecule has 1 aromatic heterocycles. The maximum Gasteiger partial charge on any atom is 0.233 e. The Morgan fingerprint density at radius 3 is 2.88 bits per heavy atom. The van der Waals surface area contributed by atoms with Crippen LogP contribution in [-0.2, 0) is 27.3 Å². The van der Waals surface area contributed by atoms with Crippen LogP contribution in [0.15, 0.2) is 24.3 Å². The molecule has 1 aromatic carbocycles.